The van der Waals surface area contributed by atoms with E-state index in [1.54, 1.807) is 17.0 Å². The van der Waals surface area contributed by atoms with Gasteiger partial charge >= 0.3 is 0 Å². The summed E-state index contributed by atoms with van der Waals surface area (Å²) in [4.78, 5) is 29.4. The van der Waals surface area contributed by atoms with Crippen LogP contribution in [0.4, 0.5) is 0 Å². The highest BCUT2D eigenvalue weighted by Crippen LogP contribution is 2.16. The fraction of sp³-hybridized carbons (Fsp3) is 0.333. The first-order chi connectivity index (χ1) is 11.2. The Kier molecular flexibility index (Phi) is 4.57. The van der Waals surface area contributed by atoms with E-state index in [2.05, 4.69) is 4.98 Å². The molecule has 5 heteroatoms. The lowest BCUT2D eigenvalue weighted by molar-refractivity contribution is -0.0226. The molecule has 1 saturated heterocycles. The first-order valence-electron chi connectivity index (χ1n) is 7.88. The lowest BCUT2D eigenvalue weighted by Gasteiger charge is -2.32. The topological polar surface area (TPSA) is 62.4 Å². The van der Waals surface area contributed by atoms with E-state index in [-0.39, 0.29) is 23.1 Å². The summed E-state index contributed by atoms with van der Waals surface area (Å²) in [7, 11) is 0. The van der Waals surface area contributed by atoms with Crippen LogP contribution in [0.15, 0.2) is 47.3 Å². The molecule has 120 valence electrons. The Morgan fingerprint density at radius 1 is 1.26 bits per heavy atom. The van der Waals surface area contributed by atoms with E-state index in [4.69, 9.17) is 4.74 Å². The zero-order valence-electron chi connectivity index (χ0n) is 13.1. The second-order valence-electron chi connectivity index (χ2n) is 5.63. The third-order valence-electron chi connectivity index (χ3n) is 4.11. The molecule has 2 heterocycles. The van der Waals surface area contributed by atoms with Crippen molar-refractivity contribution in [2.45, 2.75) is 19.4 Å². The van der Waals surface area contributed by atoms with Crippen LogP contribution < -0.4 is 5.56 Å². The minimum atomic E-state index is -0.351. The summed E-state index contributed by atoms with van der Waals surface area (Å²) in [6, 6.07) is 13.0. The van der Waals surface area contributed by atoms with E-state index in [1.807, 2.05) is 37.3 Å². The molecule has 0 saturated carbocycles. The Morgan fingerprint density at radius 2 is 2.04 bits per heavy atom. The van der Waals surface area contributed by atoms with E-state index >= 15 is 0 Å². The van der Waals surface area contributed by atoms with E-state index in [0.29, 0.717) is 25.4 Å². The number of aromatic nitrogens is 1. The fourth-order valence-electron chi connectivity index (χ4n) is 2.75. The second kappa shape index (κ2) is 6.79. The van der Waals surface area contributed by atoms with Crippen LogP contribution in [-0.4, -0.2) is 41.6 Å². The molecule has 2 aromatic rings. The largest absolute Gasteiger partial charge is 0.375 e. The van der Waals surface area contributed by atoms with E-state index in [0.717, 1.165) is 12.0 Å². The van der Waals surface area contributed by atoms with Gasteiger partial charge in [0.2, 0.25) is 0 Å². The number of nitrogens with zero attached hydrogens (tertiary/aromatic N) is 1. The number of nitrogens with one attached hydrogen (secondary N) is 1. The molecule has 0 bridgehead atoms. The summed E-state index contributed by atoms with van der Waals surface area (Å²) in [6.07, 6.45) is 0.906. The van der Waals surface area contributed by atoms with Gasteiger partial charge in [-0.05, 0) is 24.1 Å². The summed E-state index contributed by atoms with van der Waals surface area (Å²) >= 11 is 0. The summed E-state index contributed by atoms with van der Waals surface area (Å²) in [5, 5.41) is 0. The lowest BCUT2D eigenvalue weighted by atomic mass is 10.1. The molecule has 1 aromatic carbocycles. The fourth-order valence-corrected chi connectivity index (χ4v) is 2.75. The number of hydrogen-bond acceptors (Lipinski definition) is 3. The van der Waals surface area contributed by atoms with Gasteiger partial charge in [0.15, 0.2) is 0 Å². The van der Waals surface area contributed by atoms with Crippen molar-refractivity contribution in [1.29, 1.82) is 0 Å². The molecule has 23 heavy (non-hydrogen) atoms. The summed E-state index contributed by atoms with van der Waals surface area (Å²) < 4.78 is 5.57. The van der Waals surface area contributed by atoms with Gasteiger partial charge in [0.25, 0.3) is 11.5 Å². The molecule has 1 N–H and O–H groups in total. The van der Waals surface area contributed by atoms with Crippen molar-refractivity contribution < 1.29 is 9.53 Å². The SMILES string of the molecule is CC[C@@H]1CN(C(=O)c2ccc(-c3ccccc3)[nH]c2=O)CCO1. The molecule has 5 nitrogen and oxygen atoms in total. The molecule has 1 aliphatic heterocycles. The number of morpholine rings is 1. The summed E-state index contributed by atoms with van der Waals surface area (Å²) in [5.74, 6) is -0.229. The van der Waals surface area contributed by atoms with Crippen molar-refractivity contribution in [3.8, 4) is 11.3 Å². The molecule has 1 fully saturated rings. The summed E-state index contributed by atoms with van der Waals surface area (Å²) in [5.41, 5.74) is 1.46. The van der Waals surface area contributed by atoms with Crippen molar-refractivity contribution in [3.05, 3.63) is 58.4 Å². The van der Waals surface area contributed by atoms with E-state index in [9.17, 15) is 9.59 Å². The molecule has 0 unspecified atom stereocenters. The lowest BCUT2D eigenvalue weighted by Crippen LogP contribution is -2.46. The van der Waals surface area contributed by atoms with E-state index in [1.165, 1.54) is 0 Å². The van der Waals surface area contributed by atoms with Crippen LogP contribution >= 0.6 is 0 Å². The minimum absolute atomic E-state index is 0.0513. The van der Waals surface area contributed by atoms with Gasteiger partial charge in [0, 0.05) is 18.8 Å². The van der Waals surface area contributed by atoms with Crippen LogP contribution in [0.3, 0.4) is 0 Å². The third-order valence-corrected chi connectivity index (χ3v) is 4.11. The first-order valence-corrected chi connectivity index (χ1v) is 7.88. The Morgan fingerprint density at radius 3 is 2.74 bits per heavy atom. The number of carbonyl (C=O) groups is 1. The number of hydrogen-bond donors (Lipinski definition) is 1. The smallest absolute Gasteiger partial charge is 0.261 e. The van der Waals surface area contributed by atoms with Crippen LogP contribution in [0, 0.1) is 0 Å². The number of benzene rings is 1. The average molecular weight is 312 g/mol. The second-order valence-corrected chi connectivity index (χ2v) is 5.63. The highest BCUT2D eigenvalue weighted by Gasteiger charge is 2.25. The molecule has 1 aromatic heterocycles. The van der Waals surface area contributed by atoms with Crippen molar-refractivity contribution >= 4 is 5.91 Å². The van der Waals surface area contributed by atoms with Gasteiger partial charge in [-0.25, -0.2) is 0 Å². The molecule has 0 radical (unpaired) electrons. The Hall–Kier alpha value is -2.40. The monoisotopic (exact) mass is 312 g/mol. The minimum Gasteiger partial charge on any atom is -0.375 e. The maximum Gasteiger partial charge on any atom is 0.261 e. The van der Waals surface area contributed by atoms with Gasteiger partial charge in [-0.3, -0.25) is 9.59 Å². The van der Waals surface area contributed by atoms with Crippen LogP contribution in [0.2, 0.25) is 0 Å². The summed E-state index contributed by atoms with van der Waals surface area (Å²) in [6.45, 7) is 3.61. The molecule has 0 spiro atoms. The van der Waals surface area contributed by atoms with Crippen LogP contribution in [-0.2, 0) is 4.74 Å². The van der Waals surface area contributed by atoms with Gasteiger partial charge in [0.1, 0.15) is 5.56 Å². The van der Waals surface area contributed by atoms with Crippen molar-refractivity contribution in [3.63, 3.8) is 0 Å². The molecule has 1 aliphatic rings. The van der Waals surface area contributed by atoms with Gasteiger partial charge in [-0.15, -0.1) is 0 Å². The number of pyridine rings is 1. The quantitative estimate of drug-likeness (QED) is 0.946. The predicted octanol–water partition coefficient (Wildman–Crippen LogP) is 2.29. The van der Waals surface area contributed by atoms with Gasteiger partial charge in [-0.2, -0.15) is 0 Å². The van der Waals surface area contributed by atoms with Crippen LogP contribution in [0.1, 0.15) is 23.7 Å². The average Bonchev–Trinajstić information content (AvgIpc) is 2.62. The molecule has 1 atom stereocenters. The number of carbonyl (C=O) groups excluding carboxylic acids is 1. The normalized spacial score (nSPS) is 18.0. The maximum atomic E-state index is 12.6. The Balaban J connectivity index is 1.83. The van der Waals surface area contributed by atoms with Crippen molar-refractivity contribution in [2.24, 2.45) is 0 Å². The number of H-pyrrole nitrogens is 1. The molecule has 1 amide bonds. The van der Waals surface area contributed by atoms with Gasteiger partial charge in [0.05, 0.1) is 12.7 Å². The molecular formula is C18H20N2O3. The molecular weight excluding hydrogens is 292 g/mol. The standard InChI is InChI=1S/C18H20N2O3/c1-2-14-12-20(10-11-23-14)18(22)15-8-9-16(19-17(15)21)13-6-4-3-5-7-13/h3-9,14H,2,10-12H2,1H3,(H,19,21)/t14-/m1/s1. The number of ether oxygens (including phenoxy) is 1. The zero-order chi connectivity index (χ0) is 16.2. The van der Waals surface area contributed by atoms with Crippen LogP contribution in [0.5, 0.6) is 0 Å². The third kappa shape index (κ3) is 3.35. The van der Waals surface area contributed by atoms with Crippen molar-refractivity contribution in [2.75, 3.05) is 19.7 Å². The predicted molar refractivity (Wildman–Crippen MR) is 88.4 cm³/mol. The first kappa shape index (κ1) is 15.5. The van der Waals surface area contributed by atoms with Crippen LogP contribution in [0.25, 0.3) is 11.3 Å². The van der Waals surface area contributed by atoms with Gasteiger partial charge < -0.3 is 14.6 Å². The Bertz CT molecular complexity index is 739. The number of amides is 1. The van der Waals surface area contributed by atoms with Gasteiger partial charge in [-0.1, -0.05) is 37.3 Å². The number of rotatable bonds is 3. The Labute approximate surface area is 134 Å². The number of aromatic amines is 1. The highest BCUT2D eigenvalue weighted by molar-refractivity contribution is 5.94. The van der Waals surface area contributed by atoms with Crippen molar-refractivity contribution in [1.82, 2.24) is 9.88 Å². The maximum absolute atomic E-state index is 12.6. The molecule has 0 aliphatic carbocycles. The molecule has 3 rings (SSSR count). The van der Waals surface area contributed by atoms with E-state index < -0.39 is 0 Å². The highest BCUT2D eigenvalue weighted by atomic mass is 16.5. The zero-order valence-corrected chi connectivity index (χ0v) is 13.1.